The van der Waals surface area contributed by atoms with Crippen molar-refractivity contribution in [2.45, 2.75) is 38.7 Å². The van der Waals surface area contributed by atoms with Crippen molar-refractivity contribution in [3.8, 4) is 11.1 Å². The second-order valence-electron chi connectivity index (χ2n) is 8.37. The van der Waals surface area contributed by atoms with E-state index in [1.165, 1.54) is 0 Å². The van der Waals surface area contributed by atoms with E-state index in [1.54, 1.807) is 44.3 Å². The van der Waals surface area contributed by atoms with Crippen LogP contribution in [0.1, 0.15) is 35.3 Å². The SMILES string of the molecule is CCS(=O)(=O)c1cccc(-c2cc(C(=O)NCC(C)O)c(C)c3[nH]c4ncc(C)cc4c23)c1. The molecule has 4 aromatic rings. The van der Waals surface area contributed by atoms with Crippen LogP contribution in [0.2, 0.25) is 0 Å². The van der Waals surface area contributed by atoms with E-state index in [-0.39, 0.29) is 23.1 Å². The van der Waals surface area contributed by atoms with Gasteiger partial charge in [0.05, 0.1) is 22.3 Å². The number of H-pyrrole nitrogens is 1. The van der Waals surface area contributed by atoms with Crippen LogP contribution in [0.4, 0.5) is 0 Å². The van der Waals surface area contributed by atoms with E-state index < -0.39 is 15.9 Å². The molecule has 2 heterocycles. The fourth-order valence-electron chi connectivity index (χ4n) is 4.02. The molecule has 0 saturated heterocycles. The summed E-state index contributed by atoms with van der Waals surface area (Å²) in [7, 11) is -3.40. The molecule has 0 aliphatic heterocycles. The summed E-state index contributed by atoms with van der Waals surface area (Å²) in [6.07, 6.45) is 1.10. The van der Waals surface area contributed by atoms with Crippen LogP contribution in [-0.4, -0.2) is 47.8 Å². The van der Waals surface area contributed by atoms with Crippen molar-refractivity contribution in [2.75, 3.05) is 12.3 Å². The third-order valence-corrected chi connectivity index (χ3v) is 7.54. The molecule has 1 atom stereocenters. The summed E-state index contributed by atoms with van der Waals surface area (Å²) in [5, 5.41) is 14.1. The molecule has 0 saturated carbocycles. The molecule has 2 aromatic carbocycles. The minimum Gasteiger partial charge on any atom is -0.392 e. The summed E-state index contributed by atoms with van der Waals surface area (Å²) in [6, 6.07) is 10.6. The zero-order valence-electron chi connectivity index (χ0n) is 19.1. The number of aromatic amines is 1. The average molecular weight is 466 g/mol. The largest absolute Gasteiger partial charge is 0.392 e. The van der Waals surface area contributed by atoms with Crippen molar-refractivity contribution in [3.63, 3.8) is 0 Å². The van der Waals surface area contributed by atoms with Crippen molar-refractivity contribution < 1.29 is 18.3 Å². The molecule has 0 spiro atoms. The van der Waals surface area contributed by atoms with E-state index in [9.17, 15) is 18.3 Å². The molecule has 1 amide bonds. The van der Waals surface area contributed by atoms with Gasteiger partial charge in [-0.15, -0.1) is 0 Å². The number of aliphatic hydroxyl groups excluding tert-OH is 1. The number of hydrogen-bond acceptors (Lipinski definition) is 5. The highest BCUT2D eigenvalue weighted by atomic mass is 32.2. The molecule has 8 heteroatoms. The number of nitrogens with one attached hydrogen (secondary N) is 2. The van der Waals surface area contributed by atoms with Gasteiger partial charge in [0.2, 0.25) is 0 Å². The summed E-state index contributed by atoms with van der Waals surface area (Å²) in [6.45, 7) is 7.18. The summed E-state index contributed by atoms with van der Waals surface area (Å²) in [4.78, 5) is 21.1. The second kappa shape index (κ2) is 8.61. The molecule has 0 aliphatic rings. The van der Waals surface area contributed by atoms with Gasteiger partial charge in [0.25, 0.3) is 5.91 Å². The van der Waals surface area contributed by atoms with Crippen LogP contribution in [0.15, 0.2) is 47.5 Å². The van der Waals surface area contributed by atoms with Gasteiger partial charge < -0.3 is 15.4 Å². The lowest BCUT2D eigenvalue weighted by atomic mass is 9.93. The normalized spacial score (nSPS) is 12.9. The van der Waals surface area contributed by atoms with E-state index >= 15 is 0 Å². The van der Waals surface area contributed by atoms with Gasteiger partial charge in [-0.05, 0) is 67.3 Å². The summed E-state index contributed by atoms with van der Waals surface area (Å²) in [5.74, 6) is -0.306. The van der Waals surface area contributed by atoms with Crippen LogP contribution in [0.3, 0.4) is 0 Å². The number of amides is 1. The molecule has 33 heavy (non-hydrogen) atoms. The molecule has 0 aliphatic carbocycles. The molecule has 172 valence electrons. The van der Waals surface area contributed by atoms with Gasteiger partial charge in [-0.25, -0.2) is 13.4 Å². The zero-order valence-corrected chi connectivity index (χ0v) is 19.9. The first-order chi connectivity index (χ1) is 15.6. The quantitative estimate of drug-likeness (QED) is 0.400. The lowest BCUT2D eigenvalue weighted by Gasteiger charge is -2.14. The summed E-state index contributed by atoms with van der Waals surface area (Å²) >= 11 is 0. The highest BCUT2D eigenvalue weighted by Gasteiger charge is 2.21. The van der Waals surface area contributed by atoms with E-state index in [2.05, 4.69) is 15.3 Å². The van der Waals surface area contributed by atoms with Gasteiger partial charge in [-0.1, -0.05) is 19.1 Å². The topological polar surface area (TPSA) is 112 Å². The van der Waals surface area contributed by atoms with Gasteiger partial charge in [-0.3, -0.25) is 4.79 Å². The van der Waals surface area contributed by atoms with Crippen molar-refractivity contribution in [1.29, 1.82) is 0 Å². The molecule has 3 N–H and O–H groups in total. The predicted octanol–water partition coefficient (Wildman–Crippen LogP) is 3.90. The highest BCUT2D eigenvalue weighted by molar-refractivity contribution is 7.91. The van der Waals surface area contributed by atoms with Crippen LogP contribution in [0, 0.1) is 13.8 Å². The first-order valence-electron chi connectivity index (χ1n) is 10.8. The van der Waals surface area contributed by atoms with Gasteiger partial charge in [0, 0.05) is 29.1 Å². The molecular weight excluding hydrogens is 438 g/mol. The van der Waals surface area contributed by atoms with Crippen molar-refractivity contribution in [1.82, 2.24) is 15.3 Å². The van der Waals surface area contributed by atoms with Crippen LogP contribution >= 0.6 is 0 Å². The van der Waals surface area contributed by atoms with Crippen LogP contribution in [-0.2, 0) is 9.84 Å². The van der Waals surface area contributed by atoms with Crippen LogP contribution in [0.25, 0.3) is 33.1 Å². The van der Waals surface area contributed by atoms with E-state index in [1.807, 2.05) is 26.0 Å². The Hall–Kier alpha value is -3.23. The number of fused-ring (bicyclic) bond motifs is 3. The van der Waals surface area contributed by atoms with Crippen molar-refractivity contribution in [2.24, 2.45) is 0 Å². The Morgan fingerprint density at radius 1 is 1.21 bits per heavy atom. The number of aromatic nitrogens is 2. The van der Waals surface area contributed by atoms with Gasteiger partial charge >= 0.3 is 0 Å². The number of nitrogens with zero attached hydrogens (tertiary/aromatic N) is 1. The number of aliphatic hydroxyl groups is 1. The number of sulfone groups is 1. The van der Waals surface area contributed by atoms with Crippen molar-refractivity contribution in [3.05, 3.63) is 59.3 Å². The molecule has 0 fully saturated rings. The zero-order chi connectivity index (χ0) is 23.9. The number of hydrogen-bond donors (Lipinski definition) is 3. The molecule has 2 aromatic heterocycles. The Labute approximate surface area is 192 Å². The van der Waals surface area contributed by atoms with Gasteiger partial charge in [0.15, 0.2) is 9.84 Å². The lowest BCUT2D eigenvalue weighted by molar-refractivity contribution is 0.0923. The molecule has 4 rings (SSSR count). The first kappa shape index (κ1) is 22.9. The lowest BCUT2D eigenvalue weighted by Crippen LogP contribution is -2.31. The first-order valence-corrected chi connectivity index (χ1v) is 12.5. The van der Waals surface area contributed by atoms with Gasteiger partial charge in [0.1, 0.15) is 5.65 Å². The van der Waals surface area contributed by atoms with E-state index in [0.717, 1.165) is 33.0 Å². The van der Waals surface area contributed by atoms with E-state index in [0.29, 0.717) is 16.8 Å². The molecule has 7 nitrogen and oxygen atoms in total. The smallest absolute Gasteiger partial charge is 0.251 e. The standard InChI is InChI=1S/C25H27N3O4S/c1-5-33(31,32)18-8-6-7-17(10-18)20-11-19(25(30)27-13-15(3)29)16(4)23-22(20)21-9-14(2)12-26-24(21)28-23/h6-12,15,29H,5,13H2,1-4H3,(H,26,28)(H,27,30). The minimum absolute atomic E-state index is 0.00294. The fraction of sp³-hybridized carbons (Fsp3) is 0.280. The predicted molar refractivity (Wildman–Crippen MR) is 130 cm³/mol. The number of aryl methyl sites for hydroxylation is 2. The summed E-state index contributed by atoms with van der Waals surface area (Å²) < 4.78 is 25.1. The Kier molecular flexibility index (Phi) is 5.99. The Bertz CT molecular complexity index is 1490. The molecule has 0 radical (unpaired) electrons. The summed E-state index contributed by atoms with van der Waals surface area (Å²) in [5.41, 5.74) is 5.10. The number of pyridine rings is 1. The number of carbonyl (C=O) groups is 1. The number of benzene rings is 2. The average Bonchev–Trinajstić information content (AvgIpc) is 3.17. The minimum atomic E-state index is -3.40. The fourth-order valence-corrected chi connectivity index (χ4v) is 4.94. The Morgan fingerprint density at radius 3 is 2.67 bits per heavy atom. The maximum absolute atomic E-state index is 13.0. The maximum atomic E-state index is 13.0. The van der Waals surface area contributed by atoms with Crippen molar-refractivity contribution >= 4 is 37.7 Å². The Balaban J connectivity index is 2.04. The molecular formula is C25H27N3O4S. The number of carbonyl (C=O) groups excluding carboxylic acids is 1. The third-order valence-electron chi connectivity index (χ3n) is 5.81. The van der Waals surface area contributed by atoms with Crippen LogP contribution in [0.5, 0.6) is 0 Å². The number of rotatable bonds is 6. The van der Waals surface area contributed by atoms with E-state index in [4.69, 9.17) is 0 Å². The van der Waals surface area contributed by atoms with Crippen LogP contribution < -0.4 is 5.32 Å². The third kappa shape index (κ3) is 4.24. The monoisotopic (exact) mass is 465 g/mol. The molecule has 1 unspecified atom stereocenters. The highest BCUT2D eigenvalue weighted by Crippen LogP contribution is 2.38. The second-order valence-corrected chi connectivity index (χ2v) is 10.6. The molecule has 0 bridgehead atoms. The van der Waals surface area contributed by atoms with Gasteiger partial charge in [-0.2, -0.15) is 0 Å². The maximum Gasteiger partial charge on any atom is 0.251 e. The Morgan fingerprint density at radius 2 is 1.97 bits per heavy atom.